The van der Waals surface area contributed by atoms with Gasteiger partial charge in [0.1, 0.15) is 6.10 Å². The molecule has 1 aromatic carbocycles. The number of ether oxygens (including phenoxy) is 1. The highest BCUT2D eigenvalue weighted by Gasteiger charge is 2.18. The third kappa shape index (κ3) is 3.63. The van der Waals surface area contributed by atoms with Gasteiger partial charge in [-0.05, 0) is 5.56 Å². The number of carbonyl (C=O) groups excluding carboxylic acids is 1. The lowest BCUT2D eigenvalue weighted by molar-refractivity contribution is -0.128. The van der Waals surface area contributed by atoms with Crippen LogP contribution >= 0.6 is 0 Å². The van der Waals surface area contributed by atoms with Crippen molar-refractivity contribution in [3.8, 4) is 0 Å². The first-order chi connectivity index (χ1) is 8.77. The number of Topliss-reactive ketones (excluding diaryl/α,β-unsaturated/α-hetero) is 1. The first-order valence-corrected chi connectivity index (χ1v) is 6.33. The van der Waals surface area contributed by atoms with Crippen molar-refractivity contribution in [1.29, 1.82) is 0 Å². The second-order valence-corrected chi connectivity index (χ2v) is 4.48. The van der Waals surface area contributed by atoms with E-state index in [1.807, 2.05) is 18.2 Å². The minimum Gasteiger partial charge on any atom is -0.381 e. The van der Waals surface area contributed by atoms with Crippen LogP contribution in [0.4, 0.5) is 0 Å². The Morgan fingerprint density at radius 3 is 2.61 bits per heavy atom. The number of carbonyl (C=O) groups is 1. The molecule has 4 nitrogen and oxygen atoms in total. The molecule has 4 heteroatoms. The molecule has 2 rings (SSSR count). The standard InChI is InChI=1S/C14H19NO3/c16-13(6-7-15-8-10-18-11-9-15)14(17)12-4-2-1-3-5-12/h1-5,14,17H,6-11H2. The molecule has 1 N–H and O–H groups in total. The van der Waals surface area contributed by atoms with Crippen LogP contribution in [0.15, 0.2) is 30.3 Å². The molecule has 1 heterocycles. The zero-order chi connectivity index (χ0) is 12.8. The monoisotopic (exact) mass is 249 g/mol. The quantitative estimate of drug-likeness (QED) is 0.846. The summed E-state index contributed by atoms with van der Waals surface area (Å²) < 4.78 is 5.25. The molecule has 0 spiro atoms. The third-order valence-corrected chi connectivity index (χ3v) is 3.20. The first-order valence-electron chi connectivity index (χ1n) is 6.33. The Balaban J connectivity index is 1.80. The SMILES string of the molecule is O=C(CCN1CCOCC1)C(O)c1ccccc1. The van der Waals surface area contributed by atoms with Crippen molar-refractivity contribution in [2.45, 2.75) is 12.5 Å². The van der Waals surface area contributed by atoms with Gasteiger partial charge in [-0.2, -0.15) is 0 Å². The van der Waals surface area contributed by atoms with Gasteiger partial charge in [0.15, 0.2) is 5.78 Å². The highest BCUT2D eigenvalue weighted by Crippen LogP contribution is 2.15. The Kier molecular flexibility index (Phi) is 4.87. The van der Waals surface area contributed by atoms with Gasteiger partial charge >= 0.3 is 0 Å². The maximum absolute atomic E-state index is 11.9. The largest absolute Gasteiger partial charge is 0.381 e. The number of hydrogen-bond acceptors (Lipinski definition) is 4. The first kappa shape index (κ1) is 13.2. The molecule has 0 amide bonds. The van der Waals surface area contributed by atoms with Gasteiger partial charge in [-0.3, -0.25) is 9.69 Å². The van der Waals surface area contributed by atoms with Gasteiger partial charge in [0, 0.05) is 26.1 Å². The van der Waals surface area contributed by atoms with E-state index in [0.29, 0.717) is 18.5 Å². The van der Waals surface area contributed by atoms with Crippen molar-refractivity contribution in [3.05, 3.63) is 35.9 Å². The second-order valence-electron chi connectivity index (χ2n) is 4.48. The molecule has 98 valence electrons. The fraction of sp³-hybridized carbons (Fsp3) is 0.500. The molecule has 1 aliphatic rings. The average molecular weight is 249 g/mol. The van der Waals surface area contributed by atoms with Crippen LogP contribution in [-0.4, -0.2) is 48.6 Å². The minimum absolute atomic E-state index is 0.118. The molecule has 1 saturated heterocycles. The molecule has 1 fully saturated rings. The van der Waals surface area contributed by atoms with Gasteiger partial charge in [0.25, 0.3) is 0 Å². The van der Waals surface area contributed by atoms with Gasteiger partial charge in [0.05, 0.1) is 13.2 Å². The maximum atomic E-state index is 11.9. The minimum atomic E-state index is -0.993. The number of morpholine rings is 1. The van der Waals surface area contributed by atoms with E-state index in [4.69, 9.17) is 4.74 Å². The van der Waals surface area contributed by atoms with Crippen LogP contribution in [0.1, 0.15) is 18.1 Å². The van der Waals surface area contributed by atoms with E-state index in [1.165, 1.54) is 0 Å². The van der Waals surface area contributed by atoms with Crippen LogP contribution < -0.4 is 0 Å². The molecule has 1 unspecified atom stereocenters. The second kappa shape index (κ2) is 6.64. The van der Waals surface area contributed by atoms with E-state index in [-0.39, 0.29) is 5.78 Å². The maximum Gasteiger partial charge on any atom is 0.167 e. The van der Waals surface area contributed by atoms with E-state index < -0.39 is 6.10 Å². The molecule has 0 radical (unpaired) electrons. The van der Waals surface area contributed by atoms with Gasteiger partial charge in [-0.25, -0.2) is 0 Å². The molecule has 18 heavy (non-hydrogen) atoms. The summed E-state index contributed by atoms with van der Waals surface area (Å²) in [6.45, 7) is 3.90. The number of aliphatic hydroxyl groups excluding tert-OH is 1. The molecule has 0 aliphatic carbocycles. The topological polar surface area (TPSA) is 49.8 Å². The number of ketones is 1. The van der Waals surface area contributed by atoms with Crippen molar-refractivity contribution in [2.75, 3.05) is 32.8 Å². The summed E-state index contributed by atoms with van der Waals surface area (Å²) in [7, 11) is 0. The summed E-state index contributed by atoms with van der Waals surface area (Å²) in [4.78, 5) is 14.1. The molecule has 0 bridgehead atoms. The third-order valence-electron chi connectivity index (χ3n) is 3.20. The fourth-order valence-corrected chi connectivity index (χ4v) is 2.05. The molecular weight excluding hydrogens is 230 g/mol. The van der Waals surface area contributed by atoms with Crippen LogP contribution in [0.2, 0.25) is 0 Å². The summed E-state index contributed by atoms with van der Waals surface area (Å²) in [5, 5.41) is 9.93. The summed E-state index contributed by atoms with van der Waals surface area (Å²) in [5.41, 5.74) is 0.671. The lowest BCUT2D eigenvalue weighted by atomic mass is 10.0. The van der Waals surface area contributed by atoms with Gasteiger partial charge in [-0.1, -0.05) is 30.3 Å². The number of aliphatic hydroxyl groups is 1. The molecular formula is C14H19NO3. The highest BCUT2D eigenvalue weighted by atomic mass is 16.5. The number of hydrogen-bond donors (Lipinski definition) is 1. The van der Waals surface area contributed by atoms with Crippen molar-refractivity contribution in [3.63, 3.8) is 0 Å². The Labute approximate surface area is 107 Å². The zero-order valence-electron chi connectivity index (χ0n) is 10.4. The van der Waals surface area contributed by atoms with E-state index in [2.05, 4.69) is 4.90 Å². The Hall–Kier alpha value is -1.23. The summed E-state index contributed by atoms with van der Waals surface area (Å²) in [5.74, 6) is -0.118. The molecule has 0 aromatic heterocycles. The predicted molar refractivity (Wildman–Crippen MR) is 68.3 cm³/mol. The lowest BCUT2D eigenvalue weighted by Gasteiger charge is -2.26. The van der Waals surface area contributed by atoms with Gasteiger partial charge in [-0.15, -0.1) is 0 Å². The summed E-state index contributed by atoms with van der Waals surface area (Å²) in [6.07, 6.45) is -0.608. The van der Waals surface area contributed by atoms with Gasteiger partial charge in [0.2, 0.25) is 0 Å². The smallest absolute Gasteiger partial charge is 0.167 e. The highest BCUT2D eigenvalue weighted by molar-refractivity contribution is 5.84. The van der Waals surface area contributed by atoms with E-state index in [0.717, 1.165) is 26.3 Å². The summed E-state index contributed by atoms with van der Waals surface area (Å²) in [6, 6.07) is 9.07. The number of nitrogens with zero attached hydrogens (tertiary/aromatic N) is 1. The Morgan fingerprint density at radius 2 is 1.94 bits per heavy atom. The number of benzene rings is 1. The fourth-order valence-electron chi connectivity index (χ4n) is 2.05. The normalized spacial score (nSPS) is 18.5. The molecule has 1 aliphatic heterocycles. The van der Waals surface area contributed by atoms with Crippen LogP contribution in [-0.2, 0) is 9.53 Å². The van der Waals surface area contributed by atoms with E-state index in [9.17, 15) is 9.90 Å². The van der Waals surface area contributed by atoms with Crippen molar-refractivity contribution in [1.82, 2.24) is 4.90 Å². The van der Waals surface area contributed by atoms with Crippen LogP contribution in [0.5, 0.6) is 0 Å². The van der Waals surface area contributed by atoms with Crippen LogP contribution in [0, 0.1) is 0 Å². The van der Waals surface area contributed by atoms with Crippen molar-refractivity contribution in [2.24, 2.45) is 0 Å². The average Bonchev–Trinajstić information content (AvgIpc) is 2.46. The Bertz CT molecular complexity index is 374. The zero-order valence-corrected chi connectivity index (χ0v) is 10.4. The lowest BCUT2D eigenvalue weighted by Crippen LogP contribution is -2.37. The van der Waals surface area contributed by atoms with Crippen LogP contribution in [0.3, 0.4) is 0 Å². The molecule has 0 saturated carbocycles. The predicted octanol–water partition coefficient (Wildman–Crippen LogP) is 1.01. The number of rotatable bonds is 5. The van der Waals surface area contributed by atoms with Crippen molar-refractivity contribution >= 4 is 5.78 Å². The van der Waals surface area contributed by atoms with Crippen LogP contribution in [0.25, 0.3) is 0 Å². The molecule has 1 aromatic rings. The molecule has 1 atom stereocenters. The Morgan fingerprint density at radius 1 is 1.28 bits per heavy atom. The summed E-state index contributed by atoms with van der Waals surface area (Å²) >= 11 is 0. The van der Waals surface area contributed by atoms with Crippen molar-refractivity contribution < 1.29 is 14.6 Å². The van der Waals surface area contributed by atoms with E-state index in [1.54, 1.807) is 12.1 Å². The van der Waals surface area contributed by atoms with Gasteiger partial charge < -0.3 is 9.84 Å². The van der Waals surface area contributed by atoms with E-state index >= 15 is 0 Å².